The second-order valence-corrected chi connectivity index (χ2v) is 2.00. The Morgan fingerprint density at radius 3 is 2.07 bits per heavy atom. The molecule has 15 heavy (non-hydrogen) atoms. The number of hydrogen-bond acceptors (Lipinski definition) is 2. The summed E-state index contributed by atoms with van der Waals surface area (Å²) >= 11 is 0. The van der Waals surface area contributed by atoms with E-state index in [2.05, 4.69) is 0 Å². The molecule has 0 heterocycles. The lowest BCUT2D eigenvalue weighted by molar-refractivity contribution is -0.114. The monoisotopic (exact) mass is 213 g/mol. The number of rotatable bonds is 3. The number of carbonyl (C=O) groups excluding carboxylic acids is 1. The van der Waals surface area contributed by atoms with Crippen molar-refractivity contribution in [3.63, 3.8) is 0 Å². The van der Waals surface area contributed by atoms with E-state index in [1.54, 1.807) is 25.2 Å². The van der Waals surface area contributed by atoms with Crippen molar-refractivity contribution in [3.8, 4) is 6.07 Å². The topological polar surface area (TPSA) is 40.9 Å². The first-order valence-corrected chi connectivity index (χ1v) is 4.83. The zero-order valence-corrected chi connectivity index (χ0v) is 10.2. The van der Waals surface area contributed by atoms with E-state index in [1.807, 2.05) is 26.8 Å². The Labute approximate surface area is 92.1 Å². The zero-order chi connectivity index (χ0) is 12.7. The normalized spacial score (nSPS) is 9.27. The highest BCUT2D eigenvalue weighted by Crippen LogP contribution is 2.01. The molecule has 2 nitrogen and oxygen atoms in total. The number of halogens is 1. The van der Waals surface area contributed by atoms with Crippen molar-refractivity contribution in [3.05, 3.63) is 23.8 Å². The fourth-order valence-corrected chi connectivity index (χ4v) is 0.704. The van der Waals surface area contributed by atoms with Gasteiger partial charge in [-0.05, 0) is 13.8 Å². The Balaban J connectivity index is -0.000000318. The summed E-state index contributed by atoms with van der Waals surface area (Å²) in [6, 6.07) is 1.82. The van der Waals surface area contributed by atoms with E-state index < -0.39 is 0 Å². The van der Waals surface area contributed by atoms with Gasteiger partial charge in [-0.1, -0.05) is 32.1 Å². The van der Waals surface area contributed by atoms with Gasteiger partial charge in [-0.25, -0.2) is 0 Å². The van der Waals surface area contributed by atoms with Crippen LogP contribution < -0.4 is 0 Å². The number of ketones is 1. The average Bonchev–Trinajstić information content (AvgIpc) is 2.31. The van der Waals surface area contributed by atoms with Crippen LogP contribution in [0.1, 0.15) is 34.1 Å². The van der Waals surface area contributed by atoms with Crippen LogP contribution in [0, 0.1) is 11.3 Å². The average molecular weight is 213 g/mol. The summed E-state index contributed by atoms with van der Waals surface area (Å²) in [6.45, 7) is 7.62. The molecule has 0 saturated carbocycles. The van der Waals surface area contributed by atoms with Crippen molar-refractivity contribution >= 4 is 5.78 Å². The fraction of sp³-hybridized carbons (Fsp3) is 0.500. The molecule has 0 aliphatic heterocycles. The molecule has 0 aliphatic carbocycles. The summed E-state index contributed by atoms with van der Waals surface area (Å²) in [6.07, 6.45) is 5.16. The minimum absolute atomic E-state index is 0.0377. The summed E-state index contributed by atoms with van der Waals surface area (Å²) in [5.74, 6) is -0.117. The van der Waals surface area contributed by atoms with Crippen molar-refractivity contribution in [1.29, 1.82) is 5.26 Å². The molecule has 0 amide bonds. The maximum absolute atomic E-state index is 11.0. The highest BCUT2D eigenvalue weighted by molar-refractivity contribution is 5.99. The lowest BCUT2D eigenvalue weighted by Gasteiger charge is -1.93. The highest BCUT2D eigenvalue weighted by Gasteiger charge is 2.02. The highest BCUT2D eigenvalue weighted by atomic mass is 19.1. The summed E-state index contributed by atoms with van der Waals surface area (Å²) in [7, 11) is 0.500. The predicted octanol–water partition coefficient (Wildman–Crippen LogP) is 3.60. The largest absolute Gasteiger partial charge is 0.293 e. The van der Waals surface area contributed by atoms with Crippen LogP contribution in [0.25, 0.3) is 0 Å². The Kier molecular flexibility index (Phi) is 23.5. The summed E-state index contributed by atoms with van der Waals surface area (Å²) in [5, 5.41) is 8.23. The van der Waals surface area contributed by atoms with Crippen LogP contribution in [0.2, 0.25) is 0 Å². The molecule has 0 atom stereocenters. The van der Waals surface area contributed by atoms with Gasteiger partial charge in [0.05, 0.1) is 19.7 Å². The molecule has 0 spiro atoms. The fourth-order valence-electron chi connectivity index (χ4n) is 0.704. The molecule has 3 heteroatoms. The van der Waals surface area contributed by atoms with Crippen LogP contribution in [0.15, 0.2) is 23.8 Å². The number of nitriles is 1. The molecule has 0 unspecified atom stereocenters. The summed E-state index contributed by atoms with van der Waals surface area (Å²) < 4.78 is 9.50. The third-order valence-corrected chi connectivity index (χ3v) is 1.22. The third-order valence-electron chi connectivity index (χ3n) is 1.22. The summed E-state index contributed by atoms with van der Waals surface area (Å²) in [5.41, 5.74) is 0.606. The van der Waals surface area contributed by atoms with Gasteiger partial charge in [-0.2, -0.15) is 5.26 Å². The van der Waals surface area contributed by atoms with Crippen LogP contribution in [0.5, 0.6) is 0 Å². The van der Waals surface area contributed by atoms with Gasteiger partial charge in [0.25, 0.3) is 0 Å². The maximum atomic E-state index is 11.0. The van der Waals surface area contributed by atoms with Gasteiger partial charge in [0, 0.05) is 5.57 Å². The minimum Gasteiger partial charge on any atom is -0.293 e. The number of carbonyl (C=O) groups is 1. The van der Waals surface area contributed by atoms with Crippen LogP contribution >= 0.6 is 0 Å². The number of Topliss-reactive ketones (excluding diaryl/α,β-unsaturated/α-hetero) is 1. The van der Waals surface area contributed by atoms with Gasteiger partial charge in [0.15, 0.2) is 5.78 Å². The number of hydrogen-bond donors (Lipinski definition) is 0. The Hall–Kier alpha value is -1.43. The Bertz CT molecular complexity index is 236. The molecule has 0 rings (SSSR count). The van der Waals surface area contributed by atoms with Crippen molar-refractivity contribution in [2.24, 2.45) is 0 Å². The van der Waals surface area contributed by atoms with Crippen molar-refractivity contribution in [1.82, 2.24) is 0 Å². The molecule has 0 aromatic carbocycles. The molecular formula is C12H20FNO. The number of allylic oxidation sites excluding steroid dienone is 4. The van der Waals surface area contributed by atoms with Gasteiger partial charge in [-0.3, -0.25) is 9.18 Å². The molecule has 86 valence electrons. The number of alkyl halides is 1. The van der Waals surface area contributed by atoms with E-state index in [0.29, 0.717) is 12.8 Å². The molecule has 0 bridgehead atoms. The van der Waals surface area contributed by atoms with E-state index in [1.165, 1.54) is 0 Å². The van der Waals surface area contributed by atoms with Crippen LogP contribution in [-0.4, -0.2) is 13.0 Å². The second kappa shape index (κ2) is 18.4. The van der Waals surface area contributed by atoms with E-state index in [4.69, 9.17) is 5.26 Å². The molecule has 0 fully saturated rings. The Morgan fingerprint density at radius 2 is 1.80 bits per heavy atom. The molecule has 0 aromatic rings. The first-order chi connectivity index (χ1) is 7.26. The first-order valence-electron chi connectivity index (χ1n) is 4.83. The SMILES string of the molecule is C/C=C\C(=C/C)C(=O)CC#N.CC.CF. The number of nitrogens with zero attached hydrogens (tertiary/aromatic N) is 1. The lowest BCUT2D eigenvalue weighted by atomic mass is 10.1. The molecule has 0 radical (unpaired) electrons. The summed E-state index contributed by atoms with van der Waals surface area (Å²) in [4.78, 5) is 11.0. The van der Waals surface area contributed by atoms with Crippen molar-refractivity contribution in [2.75, 3.05) is 7.18 Å². The van der Waals surface area contributed by atoms with E-state index >= 15 is 0 Å². The molecule has 0 saturated heterocycles. The van der Waals surface area contributed by atoms with Gasteiger partial charge in [0.2, 0.25) is 0 Å². The van der Waals surface area contributed by atoms with Crippen LogP contribution in [0.4, 0.5) is 4.39 Å². The molecule has 0 aromatic heterocycles. The van der Waals surface area contributed by atoms with Crippen molar-refractivity contribution < 1.29 is 9.18 Å². The van der Waals surface area contributed by atoms with Gasteiger partial charge in [-0.15, -0.1) is 0 Å². The lowest BCUT2D eigenvalue weighted by Crippen LogP contribution is -1.97. The van der Waals surface area contributed by atoms with Crippen molar-refractivity contribution in [2.45, 2.75) is 34.1 Å². The van der Waals surface area contributed by atoms with Gasteiger partial charge < -0.3 is 0 Å². The quantitative estimate of drug-likeness (QED) is 0.531. The minimum atomic E-state index is -0.117. The molecular weight excluding hydrogens is 193 g/mol. The van der Waals surface area contributed by atoms with Gasteiger partial charge in [0.1, 0.15) is 0 Å². The van der Waals surface area contributed by atoms with Gasteiger partial charge >= 0.3 is 0 Å². The standard InChI is InChI=1S/C9H11NO.C2H6.CH3F/c1-3-5-8(4-2)9(11)6-7-10;2*1-2/h3-5H,6H2,1-2H3;1-2H3;1H3/b5-3-,8-4+;;. The van der Waals surface area contributed by atoms with E-state index in [0.717, 1.165) is 0 Å². The van der Waals surface area contributed by atoms with Crippen LogP contribution in [-0.2, 0) is 4.79 Å². The second-order valence-electron chi connectivity index (χ2n) is 2.00. The third kappa shape index (κ3) is 12.6. The van der Waals surface area contributed by atoms with E-state index in [9.17, 15) is 9.18 Å². The zero-order valence-electron chi connectivity index (χ0n) is 10.2. The first kappa shape index (κ1) is 19.2. The van der Waals surface area contributed by atoms with Crippen LogP contribution in [0.3, 0.4) is 0 Å². The Morgan fingerprint density at radius 1 is 1.33 bits per heavy atom. The van der Waals surface area contributed by atoms with E-state index in [-0.39, 0.29) is 12.2 Å². The predicted molar refractivity (Wildman–Crippen MR) is 62.2 cm³/mol. The molecule has 0 N–H and O–H groups in total. The molecule has 0 aliphatic rings. The maximum Gasteiger partial charge on any atom is 0.176 e. The smallest absolute Gasteiger partial charge is 0.176 e.